The molecule has 1 unspecified atom stereocenters. The number of carboxylic acid groups (broad SMARTS) is 1. The van der Waals surface area contributed by atoms with Crippen LogP contribution < -0.4 is 19.5 Å². The predicted molar refractivity (Wildman–Crippen MR) is 116 cm³/mol. The molecular formula is C22H29N3O7. The molecule has 0 radical (unpaired) electrons. The summed E-state index contributed by atoms with van der Waals surface area (Å²) in [6.07, 6.45) is 0.822. The molecule has 32 heavy (non-hydrogen) atoms. The molecule has 2 amide bonds. The Morgan fingerprint density at radius 1 is 1.06 bits per heavy atom. The van der Waals surface area contributed by atoms with Crippen LogP contribution in [0.2, 0.25) is 0 Å². The number of fused-ring (bicyclic) bond motifs is 1. The number of rotatable bonds is 7. The van der Waals surface area contributed by atoms with Crippen molar-refractivity contribution in [2.45, 2.75) is 25.8 Å². The number of aryl methyl sites for hydroxylation is 1. The summed E-state index contributed by atoms with van der Waals surface area (Å²) in [4.78, 5) is 38.5. The third-order valence-corrected chi connectivity index (χ3v) is 5.93. The first-order valence-corrected chi connectivity index (χ1v) is 10.3. The smallest absolute Gasteiger partial charge is 0.306 e. The monoisotopic (exact) mass is 447 g/mol. The molecule has 10 heteroatoms. The van der Waals surface area contributed by atoms with E-state index in [-0.39, 0.29) is 5.91 Å². The van der Waals surface area contributed by atoms with Crippen molar-refractivity contribution in [2.24, 2.45) is 13.0 Å². The van der Waals surface area contributed by atoms with E-state index >= 15 is 0 Å². The van der Waals surface area contributed by atoms with Gasteiger partial charge in [0.2, 0.25) is 11.7 Å². The molecule has 1 fully saturated rings. The zero-order valence-corrected chi connectivity index (χ0v) is 18.9. The van der Waals surface area contributed by atoms with Gasteiger partial charge in [0.1, 0.15) is 11.7 Å². The summed E-state index contributed by atoms with van der Waals surface area (Å²) >= 11 is 0. The van der Waals surface area contributed by atoms with Gasteiger partial charge in [-0.2, -0.15) is 0 Å². The summed E-state index contributed by atoms with van der Waals surface area (Å²) in [6.45, 7) is 2.35. The highest BCUT2D eigenvalue weighted by molar-refractivity contribution is 6.03. The van der Waals surface area contributed by atoms with Crippen molar-refractivity contribution < 1.29 is 33.7 Å². The zero-order chi connectivity index (χ0) is 23.6. The zero-order valence-electron chi connectivity index (χ0n) is 18.9. The van der Waals surface area contributed by atoms with Gasteiger partial charge >= 0.3 is 5.97 Å². The second kappa shape index (κ2) is 9.37. The molecule has 2 heterocycles. The molecular weight excluding hydrogens is 418 g/mol. The normalized spacial score (nSPS) is 15.3. The second-order valence-electron chi connectivity index (χ2n) is 7.80. The van der Waals surface area contributed by atoms with Crippen molar-refractivity contribution in [3.05, 3.63) is 17.8 Å². The average molecular weight is 447 g/mol. The summed E-state index contributed by atoms with van der Waals surface area (Å²) in [7, 11) is 6.27. The van der Waals surface area contributed by atoms with Gasteiger partial charge in [0.15, 0.2) is 11.5 Å². The van der Waals surface area contributed by atoms with Crippen LogP contribution in [-0.4, -0.2) is 72.8 Å². The first-order valence-electron chi connectivity index (χ1n) is 10.3. The molecule has 2 aromatic rings. The van der Waals surface area contributed by atoms with E-state index in [1.165, 1.54) is 21.3 Å². The molecule has 174 valence electrons. The van der Waals surface area contributed by atoms with Crippen LogP contribution in [0.4, 0.5) is 0 Å². The fourth-order valence-corrected chi connectivity index (χ4v) is 4.15. The number of nitrogens with one attached hydrogen (secondary N) is 1. The fraction of sp³-hybridized carbons (Fsp3) is 0.500. The number of carbonyl (C=O) groups is 3. The van der Waals surface area contributed by atoms with Gasteiger partial charge in [0.25, 0.3) is 5.91 Å². The number of ether oxygens (including phenoxy) is 3. The Bertz CT molecular complexity index is 1040. The molecule has 0 bridgehead atoms. The Balaban J connectivity index is 1.80. The summed E-state index contributed by atoms with van der Waals surface area (Å²) in [5.41, 5.74) is 1.00. The number of benzene rings is 1. The fourth-order valence-electron chi connectivity index (χ4n) is 4.15. The van der Waals surface area contributed by atoms with E-state index in [1.807, 2.05) is 0 Å². The highest BCUT2D eigenvalue weighted by Crippen LogP contribution is 2.44. The minimum atomic E-state index is -0.835. The van der Waals surface area contributed by atoms with Crippen molar-refractivity contribution >= 4 is 28.7 Å². The molecule has 1 aliphatic heterocycles. The standard InChI is InChI=1S/C22H29N3O7/c1-12(21(27)25-8-6-13(7-9-25)22(28)29)23-20(26)15-10-14-11-16(30-3)18(31-4)19(32-5)17(14)24(15)2/h10-13H,6-9H2,1-5H3,(H,23,26)(H,28,29). The van der Waals surface area contributed by atoms with E-state index in [2.05, 4.69) is 5.32 Å². The van der Waals surface area contributed by atoms with Gasteiger partial charge in [-0.25, -0.2) is 0 Å². The summed E-state index contributed by atoms with van der Waals surface area (Å²) in [6, 6.07) is 2.70. The molecule has 0 aliphatic carbocycles. The molecule has 1 aliphatic rings. The molecule has 1 aromatic carbocycles. The third kappa shape index (κ3) is 4.17. The number of nitrogens with zero attached hydrogens (tertiary/aromatic N) is 2. The first kappa shape index (κ1) is 23.2. The van der Waals surface area contributed by atoms with Crippen molar-refractivity contribution in [2.75, 3.05) is 34.4 Å². The lowest BCUT2D eigenvalue weighted by Crippen LogP contribution is -2.50. The largest absolute Gasteiger partial charge is 0.493 e. The number of carboxylic acids is 1. The van der Waals surface area contributed by atoms with Gasteiger partial charge < -0.3 is 34.1 Å². The number of methoxy groups -OCH3 is 3. The van der Waals surface area contributed by atoms with E-state index in [4.69, 9.17) is 19.3 Å². The van der Waals surface area contributed by atoms with Crippen molar-refractivity contribution in [3.8, 4) is 17.2 Å². The van der Waals surface area contributed by atoms with E-state index in [0.29, 0.717) is 54.4 Å². The van der Waals surface area contributed by atoms with Crippen molar-refractivity contribution in [3.63, 3.8) is 0 Å². The Kier molecular flexibility index (Phi) is 6.81. The van der Waals surface area contributed by atoms with Gasteiger partial charge in [-0.05, 0) is 31.9 Å². The van der Waals surface area contributed by atoms with Gasteiger partial charge in [-0.3, -0.25) is 14.4 Å². The lowest BCUT2D eigenvalue weighted by molar-refractivity contribution is -0.146. The van der Waals surface area contributed by atoms with Crippen LogP contribution in [0.15, 0.2) is 12.1 Å². The molecule has 1 saturated heterocycles. The van der Waals surface area contributed by atoms with Crippen LogP contribution >= 0.6 is 0 Å². The highest BCUT2D eigenvalue weighted by atomic mass is 16.5. The van der Waals surface area contributed by atoms with Crippen molar-refractivity contribution in [1.29, 1.82) is 0 Å². The Morgan fingerprint density at radius 2 is 1.69 bits per heavy atom. The first-order chi connectivity index (χ1) is 15.2. The van der Waals surface area contributed by atoms with E-state index in [0.717, 1.165) is 5.39 Å². The Hall–Kier alpha value is -3.43. The number of aliphatic carboxylic acids is 1. The molecule has 2 N–H and O–H groups in total. The average Bonchev–Trinajstić information content (AvgIpc) is 3.13. The van der Waals surface area contributed by atoms with Gasteiger partial charge in [-0.1, -0.05) is 0 Å². The number of likely N-dealkylation sites (tertiary alicyclic amines) is 1. The highest BCUT2D eigenvalue weighted by Gasteiger charge is 2.30. The summed E-state index contributed by atoms with van der Waals surface area (Å²) in [5.74, 6) is -0.575. The molecule has 1 aromatic heterocycles. The maximum atomic E-state index is 13.0. The number of amides is 2. The van der Waals surface area contributed by atoms with E-state index in [9.17, 15) is 14.4 Å². The third-order valence-electron chi connectivity index (χ3n) is 5.93. The quantitative estimate of drug-likeness (QED) is 0.662. The van der Waals surface area contributed by atoms with Crippen LogP contribution in [0.1, 0.15) is 30.3 Å². The lowest BCUT2D eigenvalue weighted by Gasteiger charge is -2.32. The van der Waals surface area contributed by atoms with Crippen LogP contribution in [-0.2, 0) is 16.6 Å². The van der Waals surface area contributed by atoms with Gasteiger partial charge in [0, 0.05) is 25.5 Å². The Morgan fingerprint density at radius 3 is 2.22 bits per heavy atom. The summed E-state index contributed by atoms with van der Waals surface area (Å²) in [5, 5.41) is 12.6. The maximum absolute atomic E-state index is 13.0. The maximum Gasteiger partial charge on any atom is 0.306 e. The molecule has 0 saturated carbocycles. The van der Waals surface area contributed by atoms with Crippen LogP contribution in [0.25, 0.3) is 10.9 Å². The minimum Gasteiger partial charge on any atom is -0.493 e. The molecule has 3 rings (SSSR count). The van der Waals surface area contributed by atoms with Crippen LogP contribution in [0.3, 0.4) is 0 Å². The molecule has 10 nitrogen and oxygen atoms in total. The SMILES string of the molecule is COc1cc2cc(C(=O)NC(C)C(=O)N3CCC(C(=O)O)CC3)n(C)c2c(OC)c1OC. The topological polar surface area (TPSA) is 119 Å². The number of hydrogen-bond acceptors (Lipinski definition) is 6. The lowest BCUT2D eigenvalue weighted by atomic mass is 9.97. The number of aromatic nitrogens is 1. The van der Waals surface area contributed by atoms with Gasteiger partial charge in [0.05, 0.1) is 32.8 Å². The van der Waals surface area contributed by atoms with E-state index in [1.54, 1.807) is 35.6 Å². The predicted octanol–water partition coefficient (Wildman–Crippen LogP) is 1.65. The van der Waals surface area contributed by atoms with Crippen molar-refractivity contribution in [1.82, 2.24) is 14.8 Å². The number of hydrogen-bond donors (Lipinski definition) is 2. The molecule has 1 atom stereocenters. The number of piperidine rings is 1. The minimum absolute atomic E-state index is 0.234. The second-order valence-corrected chi connectivity index (χ2v) is 7.80. The van der Waals surface area contributed by atoms with Gasteiger partial charge in [-0.15, -0.1) is 0 Å². The Labute approximate surface area is 186 Å². The van der Waals surface area contributed by atoms with Crippen LogP contribution in [0.5, 0.6) is 17.2 Å². The van der Waals surface area contributed by atoms with Crippen LogP contribution in [0, 0.1) is 5.92 Å². The summed E-state index contributed by atoms with van der Waals surface area (Å²) < 4.78 is 18.0. The molecule has 0 spiro atoms. The van der Waals surface area contributed by atoms with E-state index < -0.39 is 23.8 Å². The number of carbonyl (C=O) groups excluding carboxylic acids is 2.